The van der Waals surface area contributed by atoms with E-state index < -0.39 is 5.97 Å². The Kier molecular flexibility index (Phi) is 10.4. The molecule has 1 amide bonds. The summed E-state index contributed by atoms with van der Waals surface area (Å²) in [7, 11) is 3.11. The van der Waals surface area contributed by atoms with Crippen LogP contribution in [0.5, 0.6) is 11.5 Å². The minimum absolute atomic E-state index is 0.117. The molecule has 0 radical (unpaired) electrons. The highest BCUT2D eigenvalue weighted by Gasteiger charge is 2.19. The van der Waals surface area contributed by atoms with Crippen molar-refractivity contribution in [1.29, 1.82) is 0 Å². The zero-order valence-corrected chi connectivity index (χ0v) is 18.3. The van der Waals surface area contributed by atoms with E-state index in [-0.39, 0.29) is 11.5 Å². The van der Waals surface area contributed by atoms with E-state index in [1.165, 1.54) is 45.2 Å². The monoisotopic (exact) mass is 428 g/mol. The van der Waals surface area contributed by atoms with Crippen LogP contribution in [0.4, 0.5) is 0 Å². The van der Waals surface area contributed by atoms with E-state index in [2.05, 4.69) is 5.32 Å². The molecule has 2 N–H and O–H groups in total. The summed E-state index contributed by atoms with van der Waals surface area (Å²) in [6.45, 7) is 4.27. The lowest BCUT2D eigenvalue weighted by Gasteiger charge is -2.15. The average Bonchev–Trinajstić information content (AvgIpc) is 3.56. The number of carbonyl (C=O) groups is 2. The molecule has 7 nitrogen and oxygen atoms in total. The number of rotatable bonds is 4. The van der Waals surface area contributed by atoms with Crippen LogP contribution in [0.2, 0.25) is 0 Å². The zero-order chi connectivity index (χ0) is 22.5. The highest BCUT2D eigenvalue weighted by Crippen LogP contribution is 2.17. The number of nitrogens with zero attached hydrogens (tertiary/aromatic N) is 1. The Labute approximate surface area is 184 Å². The molecule has 0 aliphatic carbocycles. The lowest BCUT2D eigenvalue weighted by atomic mass is 10.2. The van der Waals surface area contributed by atoms with Crippen LogP contribution in [-0.2, 0) is 0 Å². The summed E-state index contributed by atoms with van der Waals surface area (Å²) in [5.41, 5.74) is 0.959. The van der Waals surface area contributed by atoms with Gasteiger partial charge in [-0.05, 0) is 75.2 Å². The Balaban J connectivity index is 0.000000186. The van der Waals surface area contributed by atoms with Crippen molar-refractivity contribution in [3.8, 4) is 11.5 Å². The second-order valence-electron chi connectivity index (χ2n) is 7.23. The molecule has 0 unspecified atom stereocenters. The minimum atomic E-state index is -0.941. The highest BCUT2D eigenvalue weighted by molar-refractivity contribution is 5.94. The third kappa shape index (κ3) is 8.30. The summed E-state index contributed by atoms with van der Waals surface area (Å²) in [4.78, 5) is 24.3. The van der Waals surface area contributed by atoms with Crippen LogP contribution in [0.15, 0.2) is 48.5 Å². The van der Waals surface area contributed by atoms with Gasteiger partial charge < -0.3 is 24.8 Å². The molecule has 2 aromatic carbocycles. The Morgan fingerprint density at radius 3 is 1.81 bits per heavy atom. The number of hydrogen-bond donors (Lipinski definition) is 2. The molecule has 2 aliphatic heterocycles. The maximum atomic E-state index is 12.0. The van der Waals surface area contributed by atoms with E-state index in [0.29, 0.717) is 5.75 Å². The molecule has 0 spiro atoms. The number of carbonyl (C=O) groups excluding carboxylic acids is 1. The fourth-order valence-electron chi connectivity index (χ4n) is 3.24. The second-order valence-corrected chi connectivity index (χ2v) is 7.23. The zero-order valence-electron chi connectivity index (χ0n) is 18.3. The third-order valence-corrected chi connectivity index (χ3v) is 4.98. The number of nitrogens with one attached hydrogen (secondary N) is 1. The van der Waals surface area contributed by atoms with Crippen molar-refractivity contribution < 1.29 is 24.2 Å². The number of amides is 1. The first kappa shape index (κ1) is 24.2. The van der Waals surface area contributed by atoms with Crippen LogP contribution in [0.3, 0.4) is 0 Å². The molecule has 2 aromatic rings. The van der Waals surface area contributed by atoms with Gasteiger partial charge in [-0.25, -0.2) is 4.79 Å². The first-order chi connectivity index (χ1) is 15.0. The van der Waals surface area contributed by atoms with Crippen molar-refractivity contribution in [3.63, 3.8) is 0 Å². The van der Waals surface area contributed by atoms with E-state index in [9.17, 15) is 9.59 Å². The van der Waals surface area contributed by atoms with Crippen LogP contribution >= 0.6 is 0 Å². The van der Waals surface area contributed by atoms with Crippen molar-refractivity contribution in [2.75, 3.05) is 40.4 Å². The van der Waals surface area contributed by atoms with Crippen molar-refractivity contribution >= 4 is 11.9 Å². The van der Waals surface area contributed by atoms with Gasteiger partial charge in [0.25, 0.3) is 5.91 Å². The quantitative estimate of drug-likeness (QED) is 0.772. The maximum absolute atomic E-state index is 12.0. The summed E-state index contributed by atoms with van der Waals surface area (Å²) < 4.78 is 9.94. The average molecular weight is 429 g/mol. The fourth-order valence-corrected chi connectivity index (χ4v) is 3.24. The predicted molar refractivity (Wildman–Crippen MR) is 120 cm³/mol. The van der Waals surface area contributed by atoms with Crippen LogP contribution < -0.4 is 14.8 Å². The third-order valence-electron chi connectivity index (χ3n) is 4.98. The van der Waals surface area contributed by atoms with Gasteiger partial charge in [-0.15, -0.1) is 0 Å². The fraction of sp³-hybridized carbons (Fsp3) is 0.417. The largest absolute Gasteiger partial charge is 0.497 e. The Bertz CT molecular complexity index is 823. The summed E-state index contributed by atoms with van der Waals surface area (Å²) in [5.74, 6) is 0.472. The smallest absolute Gasteiger partial charge is 0.335 e. The number of hydrogen-bond acceptors (Lipinski definition) is 5. The number of ether oxygens (including phenoxy) is 2. The normalized spacial score (nSPS) is 14.6. The van der Waals surface area contributed by atoms with E-state index in [1.807, 2.05) is 23.1 Å². The lowest BCUT2D eigenvalue weighted by molar-refractivity contribution is 0.0695. The van der Waals surface area contributed by atoms with Crippen molar-refractivity contribution in [2.24, 2.45) is 0 Å². The minimum Gasteiger partial charge on any atom is -0.497 e. The molecular formula is C24H32N2O5. The van der Waals surface area contributed by atoms with Crippen molar-refractivity contribution in [1.82, 2.24) is 10.2 Å². The number of aromatic carboxylic acids is 1. The van der Waals surface area contributed by atoms with Crippen LogP contribution in [0.25, 0.3) is 0 Å². The van der Waals surface area contributed by atoms with Gasteiger partial charge in [-0.3, -0.25) is 4.79 Å². The molecule has 0 atom stereocenters. The molecule has 0 aromatic heterocycles. The molecule has 168 valence electrons. The Hall–Kier alpha value is -3.06. The molecule has 0 saturated carbocycles. The predicted octanol–water partition coefficient (Wildman–Crippen LogP) is 3.69. The molecular weight excluding hydrogens is 396 g/mol. The maximum Gasteiger partial charge on any atom is 0.335 e. The first-order valence-corrected chi connectivity index (χ1v) is 10.6. The standard InChI is InChI=1S/C12H15NO2.C8H8O3.C4H9N/c1-15-11-6-4-5-10(9-11)12(14)13-7-2-3-8-13;1-11-7-4-2-3-6(5-7)8(9)10;1-2-4-5-3-1/h4-6,9H,2-3,7-8H2,1H3;2-5H,1H3,(H,9,10);5H,1-4H2. The molecule has 2 heterocycles. The number of methoxy groups -OCH3 is 2. The number of benzene rings is 2. The van der Waals surface area contributed by atoms with Gasteiger partial charge in [0.15, 0.2) is 0 Å². The number of likely N-dealkylation sites (tertiary alicyclic amines) is 1. The van der Waals surface area contributed by atoms with Crippen LogP contribution in [0, 0.1) is 0 Å². The topological polar surface area (TPSA) is 88.1 Å². The Morgan fingerprint density at radius 2 is 1.35 bits per heavy atom. The molecule has 2 aliphatic rings. The van der Waals surface area contributed by atoms with Crippen molar-refractivity contribution in [2.45, 2.75) is 25.7 Å². The summed E-state index contributed by atoms with van der Waals surface area (Å²) in [5, 5.41) is 11.8. The number of carboxylic acid groups (broad SMARTS) is 1. The molecule has 2 fully saturated rings. The van der Waals surface area contributed by atoms with Gasteiger partial charge in [0.05, 0.1) is 19.8 Å². The SMILES string of the molecule is C1CCNC1.COc1cccc(C(=O)N2CCCC2)c1.COc1cccc(C(=O)O)c1. The van der Waals surface area contributed by atoms with Gasteiger partial charge in [0.2, 0.25) is 0 Å². The molecule has 7 heteroatoms. The molecule has 0 bridgehead atoms. The van der Waals surface area contributed by atoms with E-state index in [0.717, 1.165) is 37.2 Å². The van der Waals surface area contributed by atoms with Gasteiger partial charge >= 0.3 is 5.97 Å². The van der Waals surface area contributed by atoms with E-state index in [4.69, 9.17) is 14.6 Å². The first-order valence-electron chi connectivity index (χ1n) is 10.6. The van der Waals surface area contributed by atoms with Crippen molar-refractivity contribution in [3.05, 3.63) is 59.7 Å². The molecule has 4 rings (SSSR count). The Morgan fingerprint density at radius 1 is 0.839 bits per heavy atom. The van der Waals surface area contributed by atoms with Crippen LogP contribution in [-0.4, -0.2) is 62.3 Å². The van der Waals surface area contributed by atoms with Gasteiger partial charge in [0.1, 0.15) is 11.5 Å². The van der Waals surface area contributed by atoms with Gasteiger partial charge in [-0.2, -0.15) is 0 Å². The van der Waals surface area contributed by atoms with E-state index >= 15 is 0 Å². The number of carboxylic acids is 1. The van der Waals surface area contributed by atoms with Crippen LogP contribution in [0.1, 0.15) is 46.4 Å². The van der Waals surface area contributed by atoms with E-state index in [1.54, 1.807) is 25.3 Å². The summed E-state index contributed by atoms with van der Waals surface area (Å²) in [6, 6.07) is 13.7. The molecule has 31 heavy (non-hydrogen) atoms. The summed E-state index contributed by atoms with van der Waals surface area (Å²) in [6.07, 6.45) is 5.02. The van der Waals surface area contributed by atoms with Gasteiger partial charge in [0, 0.05) is 18.7 Å². The second kappa shape index (κ2) is 13.3. The molecule has 2 saturated heterocycles. The lowest BCUT2D eigenvalue weighted by Crippen LogP contribution is -2.27. The van der Waals surface area contributed by atoms with Gasteiger partial charge in [-0.1, -0.05) is 12.1 Å². The highest BCUT2D eigenvalue weighted by atomic mass is 16.5. The summed E-state index contributed by atoms with van der Waals surface area (Å²) >= 11 is 0.